The van der Waals surface area contributed by atoms with E-state index in [-0.39, 0.29) is 17.2 Å². The van der Waals surface area contributed by atoms with E-state index in [9.17, 15) is 4.79 Å². The van der Waals surface area contributed by atoms with Crippen LogP contribution in [0.2, 0.25) is 5.22 Å². The van der Waals surface area contributed by atoms with Crippen molar-refractivity contribution in [1.82, 2.24) is 5.32 Å². The number of furan rings is 1. The molecule has 18 heavy (non-hydrogen) atoms. The topological polar surface area (TPSA) is 42.2 Å². The molecule has 1 aromatic heterocycles. The zero-order valence-electron chi connectivity index (χ0n) is 9.61. The van der Waals surface area contributed by atoms with Crippen LogP contribution in [0.1, 0.15) is 28.9 Å². The lowest BCUT2D eigenvalue weighted by atomic mass is 10.1. The van der Waals surface area contributed by atoms with Crippen LogP contribution < -0.4 is 5.32 Å². The molecule has 5 heteroatoms. The van der Waals surface area contributed by atoms with Crippen molar-refractivity contribution in [3.05, 3.63) is 57.4 Å². The van der Waals surface area contributed by atoms with Crippen molar-refractivity contribution in [2.24, 2.45) is 0 Å². The molecule has 0 saturated carbocycles. The van der Waals surface area contributed by atoms with Gasteiger partial charge in [-0.1, -0.05) is 34.1 Å². The van der Waals surface area contributed by atoms with E-state index >= 15 is 0 Å². The van der Waals surface area contributed by atoms with Gasteiger partial charge >= 0.3 is 0 Å². The van der Waals surface area contributed by atoms with E-state index in [1.54, 1.807) is 6.07 Å². The third-order valence-corrected chi connectivity index (χ3v) is 3.60. The molecule has 0 spiro atoms. The van der Waals surface area contributed by atoms with Gasteiger partial charge in [-0.25, -0.2) is 0 Å². The molecule has 1 N–H and O–H groups in total. The maximum atomic E-state index is 12.0. The average molecular weight is 329 g/mol. The highest BCUT2D eigenvalue weighted by Crippen LogP contribution is 2.24. The van der Waals surface area contributed by atoms with Gasteiger partial charge in [-0.05, 0) is 36.2 Å². The maximum absolute atomic E-state index is 12.0. The molecule has 2 rings (SSSR count). The van der Waals surface area contributed by atoms with Crippen LogP contribution in [0.25, 0.3) is 0 Å². The number of hydrogen-bond acceptors (Lipinski definition) is 2. The monoisotopic (exact) mass is 327 g/mol. The SMILES string of the molecule is CC(NC(=O)c1ccoc1Cl)c1ccccc1Br. The van der Waals surface area contributed by atoms with E-state index in [2.05, 4.69) is 21.2 Å². The second-order valence-electron chi connectivity index (χ2n) is 3.82. The summed E-state index contributed by atoms with van der Waals surface area (Å²) in [6, 6.07) is 9.15. The van der Waals surface area contributed by atoms with Crippen molar-refractivity contribution >= 4 is 33.4 Å². The molecule has 1 heterocycles. The minimum Gasteiger partial charge on any atom is -0.452 e. The second-order valence-corrected chi connectivity index (χ2v) is 5.02. The van der Waals surface area contributed by atoms with Gasteiger partial charge in [-0.15, -0.1) is 0 Å². The van der Waals surface area contributed by atoms with Crippen LogP contribution in [0.4, 0.5) is 0 Å². The van der Waals surface area contributed by atoms with Crippen LogP contribution in [0.3, 0.4) is 0 Å². The lowest BCUT2D eigenvalue weighted by molar-refractivity contribution is 0.0939. The zero-order chi connectivity index (χ0) is 13.1. The first kappa shape index (κ1) is 13.2. The maximum Gasteiger partial charge on any atom is 0.256 e. The van der Waals surface area contributed by atoms with Gasteiger partial charge in [0.05, 0.1) is 17.9 Å². The Morgan fingerprint density at radius 3 is 2.72 bits per heavy atom. The minimum absolute atomic E-state index is 0.104. The summed E-state index contributed by atoms with van der Waals surface area (Å²) < 4.78 is 5.85. The summed E-state index contributed by atoms with van der Waals surface area (Å²) in [5, 5.41) is 2.97. The van der Waals surface area contributed by atoms with Gasteiger partial charge in [-0.2, -0.15) is 0 Å². The van der Waals surface area contributed by atoms with Crippen molar-refractivity contribution in [3.63, 3.8) is 0 Å². The number of carbonyl (C=O) groups excluding carboxylic acids is 1. The molecule has 1 aromatic carbocycles. The van der Waals surface area contributed by atoms with E-state index < -0.39 is 0 Å². The van der Waals surface area contributed by atoms with Crippen LogP contribution >= 0.6 is 27.5 Å². The van der Waals surface area contributed by atoms with E-state index in [0.717, 1.165) is 10.0 Å². The smallest absolute Gasteiger partial charge is 0.256 e. The third-order valence-electron chi connectivity index (χ3n) is 2.58. The molecule has 0 aliphatic heterocycles. The molecule has 1 unspecified atom stereocenters. The Morgan fingerprint density at radius 2 is 2.11 bits per heavy atom. The first-order chi connectivity index (χ1) is 8.59. The number of hydrogen-bond donors (Lipinski definition) is 1. The summed E-state index contributed by atoms with van der Waals surface area (Å²) in [5.41, 5.74) is 1.35. The van der Waals surface area contributed by atoms with Crippen molar-refractivity contribution < 1.29 is 9.21 Å². The van der Waals surface area contributed by atoms with Crippen molar-refractivity contribution in [2.75, 3.05) is 0 Å². The molecule has 0 aliphatic rings. The number of carbonyl (C=O) groups is 1. The van der Waals surface area contributed by atoms with Crippen LogP contribution in [0, 0.1) is 0 Å². The molecular formula is C13H11BrClNO2. The summed E-state index contributed by atoms with van der Waals surface area (Å²) in [4.78, 5) is 12.0. The fraction of sp³-hybridized carbons (Fsp3) is 0.154. The highest BCUT2D eigenvalue weighted by atomic mass is 79.9. The first-order valence-corrected chi connectivity index (χ1v) is 6.55. The Hall–Kier alpha value is -1.26. The Balaban J connectivity index is 2.13. The standard InChI is InChI=1S/C13H11BrClNO2/c1-8(9-4-2-3-5-11(9)14)16-13(17)10-6-7-18-12(10)15/h2-8H,1H3,(H,16,17). The first-order valence-electron chi connectivity index (χ1n) is 5.38. The molecule has 0 aliphatic carbocycles. The van der Waals surface area contributed by atoms with Gasteiger partial charge in [0.2, 0.25) is 5.22 Å². The minimum atomic E-state index is -0.253. The van der Waals surface area contributed by atoms with Gasteiger partial charge in [0.15, 0.2) is 0 Å². The largest absolute Gasteiger partial charge is 0.452 e. The Bertz CT molecular complexity index is 568. The lowest BCUT2D eigenvalue weighted by Gasteiger charge is -2.15. The van der Waals surface area contributed by atoms with Gasteiger partial charge in [0.25, 0.3) is 5.91 Å². The van der Waals surface area contributed by atoms with Crippen molar-refractivity contribution in [1.29, 1.82) is 0 Å². The lowest BCUT2D eigenvalue weighted by Crippen LogP contribution is -2.26. The quantitative estimate of drug-likeness (QED) is 0.918. The van der Waals surface area contributed by atoms with Crippen LogP contribution in [-0.4, -0.2) is 5.91 Å². The van der Waals surface area contributed by atoms with E-state index in [4.69, 9.17) is 16.0 Å². The molecule has 0 fully saturated rings. The number of nitrogens with one attached hydrogen (secondary N) is 1. The average Bonchev–Trinajstić information content (AvgIpc) is 2.76. The third kappa shape index (κ3) is 2.76. The van der Waals surface area contributed by atoms with E-state index in [1.807, 2.05) is 31.2 Å². The number of halogens is 2. The number of amides is 1. The molecular weight excluding hydrogens is 318 g/mol. The van der Waals surface area contributed by atoms with Crippen molar-refractivity contribution in [3.8, 4) is 0 Å². The van der Waals surface area contributed by atoms with Crippen LogP contribution in [-0.2, 0) is 0 Å². The van der Waals surface area contributed by atoms with Crippen LogP contribution in [0.15, 0.2) is 45.5 Å². The molecule has 0 radical (unpaired) electrons. The molecule has 1 atom stereocenters. The summed E-state index contributed by atoms with van der Waals surface area (Å²) in [6.45, 7) is 1.91. The molecule has 3 nitrogen and oxygen atoms in total. The summed E-state index contributed by atoms with van der Waals surface area (Å²) >= 11 is 9.21. The summed E-state index contributed by atoms with van der Waals surface area (Å²) in [7, 11) is 0. The molecule has 94 valence electrons. The van der Waals surface area contributed by atoms with Crippen LogP contribution in [0.5, 0.6) is 0 Å². The summed E-state index contributed by atoms with van der Waals surface area (Å²) in [6.07, 6.45) is 1.39. The molecule has 0 saturated heterocycles. The second kappa shape index (κ2) is 5.59. The normalized spacial score (nSPS) is 12.2. The van der Waals surface area contributed by atoms with Gasteiger partial charge in [-0.3, -0.25) is 4.79 Å². The van der Waals surface area contributed by atoms with E-state index in [1.165, 1.54) is 6.26 Å². The van der Waals surface area contributed by atoms with Gasteiger partial charge < -0.3 is 9.73 Å². The Morgan fingerprint density at radius 1 is 1.39 bits per heavy atom. The molecule has 0 bridgehead atoms. The highest BCUT2D eigenvalue weighted by Gasteiger charge is 2.17. The summed E-state index contributed by atoms with van der Waals surface area (Å²) in [5.74, 6) is -0.253. The fourth-order valence-electron chi connectivity index (χ4n) is 1.63. The number of rotatable bonds is 3. The Kier molecular flexibility index (Phi) is 4.09. The fourth-order valence-corrected chi connectivity index (χ4v) is 2.46. The van der Waals surface area contributed by atoms with Crippen molar-refractivity contribution in [2.45, 2.75) is 13.0 Å². The molecule has 2 aromatic rings. The predicted octanol–water partition coefficient (Wildman–Crippen LogP) is 4.19. The predicted molar refractivity (Wildman–Crippen MR) is 73.7 cm³/mol. The molecule has 1 amide bonds. The van der Waals surface area contributed by atoms with Gasteiger partial charge in [0.1, 0.15) is 0 Å². The highest BCUT2D eigenvalue weighted by molar-refractivity contribution is 9.10. The van der Waals surface area contributed by atoms with Gasteiger partial charge in [0, 0.05) is 4.47 Å². The van der Waals surface area contributed by atoms with E-state index in [0.29, 0.717) is 5.56 Å². The zero-order valence-corrected chi connectivity index (χ0v) is 12.0. The number of benzene rings is 1. The Labute approximate surface area is 118 Å².